The number of ether oxygens (including phenoxy) is 1. The average Bonchev–Trinajstić information content (AvgIpc) is 3.50. The van der Waals surface area contributed by atoms with Crippen LogP contribution in [0.15, 0.2) is 35.3 Å². The molecular formula is C22H35N5O2. The molecule has 0 atom stereocenters. The van der Waals surface area contributed by atoms with Crippen molar-refractivity contribution in [2.75, 3.05) is 66.6 Å². The highest BCUT2D eigenvalue weighted by atomic mass is 16.5. The van der Waals surface area contributed by atoms with Crippen LogP contribution in [0.2, 0.25) is 0 Å². The molecule has 7 nitrogen and oxygen atoms in total. The first-order valence-electron chi connectivity index (χ1n) is 10.6. The number of aliphatic imine (C=N–C) groups is 1. The number of guanidine groups is 1. The fourth-order valence-corrected chi connectivity index (χ4v) is 3.51. The van der Waals surface area contributed by atoms with Gasteiger partial charge in [-0.1, -0.05) is 30.3 Å². The lowest BCUT2D eigenvalue weighted by atomic mass is 9.96. The smallest absolute Gasteiger partial charge is 0.243 e. The molecule has 1 saturated carbocycles. The van der Waals surface area contributed by atoms with Crippen LogP contribution < -0.4 is 10.6 Å². The SMILES string of the molecule is CN(C)C(=O)CN=C(NCCN1CCOCC1)NCC1(Cc2ccccc2)CC1. The minimum atomic E-state index is 0.00435. The van der Waals surface area contributed by atoms with Crippen LogP contribution >= 0.6 is 0 Å². The summed E-state index contributed by atoms with van der Waals surface area (Å²) < 4.78 is 5.41. The first kappa shape index (κ1) is 21.6. The summed E-state index contributed by atoms with van der Waals surface area (Å²) >= 11 is 0. The lowest BCUT2D eigenvalue weighted by Gasteiger charge is -2.27. The molecule has 7 heteroatoms. The summed E-state index contributed by atoms with van der Waals surface area (Å²) in [6.07, 6.45) is 3.54. The third-order valence-electron chi connectivity index (χ3n) is 5.71. The monoisotopic (exact) mass is 401 g/mol. The minimum Gasteiger partial charge on any atom is -0.379 e. The summed E-state index contributed by atoms with van der Waals surface area (Å²) in [4.78, 5) is 20.5. The Labute approximate surface area is 174 Å². The molecule has 1 aromatic rings. The number of hydrogen-bond acceptors (Lipinski definition) is 4. The van der Waals surface area contributed by atoms with Gasteiger partial charge in [0, 0.05) is 46.8 Å². The molecule has 0 radical (unpaired) electrons. The van der Waals surface area contributed by atoms with E-state index < -0.39 is 0 Å². The van der Waals surface area contributed by atoms with Crippen molar-refractivity contribution in [2.45, 2.75) is 19.3 Å². The average molecular weight is 402 g/mol. The summed E-state index contributed by atoms with van der Waals surface area (Å²) in [5.74, 6) is 0.734. The number of rotatable bonds is 9. The molecular weight excluding hydrogens is 366 g/mol. The van der Waals surface area contributed by atoms with Crippen molar-refractivity contribution >= 4 is 11.9 Å². The van der Waals surface area contributed by atoms with E-state index in [1.165, 1.54) is 18.4 Å². The Hall–Kier alpha value is -2.12. The second-order valence-corrected chi connectivity index (χ2v) is 8.35. The van der Waals surface area contributed by atoms with Gasteiger partial charge in [0.15, 0.2) is 5.96 Å². The molecule has 1 aromatic carbocycles. The number of morpholine rings is 1. The van der Waals surface area contributed by atoms with E-state index in [0.717, 1.165) is 58.3 Å². The standard InChI is InChI=1S/C22H35N5O2/c1-26(2)20(28)17-24-21(23-10-11-27-12-14-29-15-13-27)25-18-22(8-9-22)16-19-6-4-3-5-7-19/h3-7H,8-18H2,1-2H3,(H2,23,24,25). The van der Waals surface area contributed by atoms with Gasteiger partial charge in [0.1, 0.15) is 6.54 Å². The van der Waals surface area contributed by atoms with Gasteiger partial charge in [-0.2, -0.15) is 0 Å². The van der Waals surface area contributed by atoms with Crippen LogP contribution in [0.1, 0.15) is 18.4 Å². The van der Waals surface area contributed by atoms with Gasteiger partial charge in [0.2, 0.25) is 5.91 Å². The van der Waals surface area contributed by atoms with Crippen molar-refractivity contribution in [1.82, 2.24) is 20.4 Å². The van der Waals surface area contributed by atoms with E-state index in [4.69, 9.17) is 4.74 Å². The van der Waals surface area contributed by atoms with Crippen LogP contribution in [-0.4, -0.2) is 88.2 Å². The molecule has 2 N–H and O–H groups in total. The maximum atomic E-state index is 12.0. The fraction of sp³-hybridized carbons (Fsp3) is 0.636. The van der Waals surface area contributed by atoms with Gasteiger partial charge in [-0.3, -0.25) is 9.69 Å². The number of benzene rings is 1. The van der Waals surface area contributed by atoms with Gasteiger partial charge in [-0.15, -0.1) is 0 Å². The van der Waals surface area contributed by atoms with Gasteiger partial charge in [0.25, 0.3) is 0 Å². The van der Waals surface area contributed by atoms with E-state index in [9.17, 15) is 4.79 Å². The second-order valence-electron chi connectivity index (χ2n) is 8.35. The van der Waals surface area contributed by atoms with Crippen LogP contribution in [0.25, 0.3) is 0 Å². The molecule has 2 aliphatic rings. The Kier molecular flexibility index (Phi) is 7.89. The molecule has 1 aliphatic carbocycles. The summed E-state index contributed by atoms with van der Waals surface area (Å²) in [7, 11) is 3.52. The van der Waals surface area contributed by atoms with Crippen LogP contribution in [-0.2, 0) is 16.0 Å². The summed E-state index contributed by atoms with van der Waals surface area (Å²) in [5.41, 5.74) is 1.69. The van der Waals surface area contributed by atoms with Crippen molar-refractivity contribution in [1.29, 1.82) is 0 Å². The number of nitrogens with one attached hydrogen (secondary N) is 2. The van der Waals surface area contributed by atoms with Crippen LogP contribution in [0.4, 0.5) is 0 Å². The summed E-state index contributed by atoms with van der Waals surface area (Å²) in [6.45, 7) is 6.33. The number of hydrogen-bond donors (Lipinski definition) is 2. The van der Waals surface area contributed by atoms with Crippen molar-refractivity contribution < 1.29 is 9.53 Å². The number of nitrogens with zero attached hydrogens (tertiary/aromatic N) is 3. The largest absolute Gasteiger partial charge is 0.379 e. The Morgan fingerprint density at radius 2 is 1.90 bits per heavy atom. The zero-order chi connectivity index (χ0) is 20.5. The highest BCUT2D eigenvalue weighted by molar-refractivity contribution is 5.84. The van der Waals surface area contributed by atoms with E-state index in [-0.39, 0.29) is 12.5 Å². The van der Waals surface area contributed by atoms with Crippen molar-refractivity contribution in [3.63, 3.8) is 0 Å². The van der Waals surface area contributed by atoms with Gasteiger partial charge in [-0.25, -0.2) is 4.99 Å². The van der Waals surface area contributed by atoms with Gasteiger partial charge >= 0.3 is 0 Å². The first-order chi connectivity index (χ1) is 14.1. The van der Waals surface area contributed by atoms with Crippen LogP contribution in [0.3, 0.4) is 0 Å². The summed E-state index contributed by atoms with van der Waals surface area (Å²) in [5, 5.41) is 6.91. The van der Waals surface area contributed by atoms with Crippen molar-refractivity contribution in [2.24, 2.45) is 10.4 Å². The van der Waals surface area contributed by atoms with Gasteiger partial charge < -0.3 is 20.3 Å². The molecule has 1 aliphatic heterocycles. The Morgan fingerprint density at radius 3 is 2.55 bits per heavy atom. The molecule has 1 heterocycles. The van der Waals surface area contributed by atoms with E-state index in [1.54, 1.807) is 19.0 Å². The number of amides is 1. The quantitative estimate of drug-likeness (QED) is 0.477. The van der Waals surface area contributed by atoms with Crippen LogP contribution in [0, 0.1) is 5.41 Å². The Balaban J connectivity index is 1.51. The van der Waals surface area contributed by atoms with Gasteiger partial charge in [0.05, 0.1) is 13.2 Å². The first-order valence-corrected chi connectivity index (χ1v) is 10.6. The third-order valence-corrected chi connectivity index (χ3v) is 5.71. The van der Waals surface area contributed by atoms with E-state index in [2.05, 4.69) is 50.9 Å². The van der Waals surface area contributed by atoms with E-state index >= 15 is 0 Å². The fourth-order valence-electron chi connectivity index (χ4n) is 3.51. The Bertz CT molecular complexity index is 667. The highest BCUT2D eigenvalue weighted by Gasteiger charge is 2.42. The number of carbonyl (C=O) groups excluding carboxylic acids is 1. The third kappa shape index (κ3) is 7.33. The van der Waals surface area contributed by atoms with Crippen LogP contribution in [0.5, 0.6) is 0 Å². The molecule has 0 aromatic heterocycles. The molecule has 0 unspecified atom stereocenters. The van der Waals surface area contributed by atoms with E-state index in [0.29, 0.717) is 5.41 Å². The highest BCUT2D eigenvalue weighted by Crippen LogP contribution is 2.47. The maximum absolute atomic E-state index is 12.0. The Morgan fingerprint density at radius 1 is 1.17 bits per heavy atom. The molecule has 1 saturated heterocycles. The lowest BCUT2D eigenvalue weighted by Crippen LogP contribution is -2.46. The van der Waals surface area contributed by atoms with Crippen molar-refractivity contribution in [3.8, 4) is 0 Å². The molecule has 0 bridgehead atoms. The minimum absolute atomic E-state index is 0.00435. The predicted octanol–water partition coefficient (Wildman–Crippen LogP) is 0.965. The number of likely N-dealkylation sites (N-methyl/N-ethyl adjacent to an activating group) is 1. The zero-order valence-electron chi connectivity index (χ0n) is 17.8. The molecule has 29 heavy (non-hydrogen) atoms. The number of carbonyl (C=O) groups is 1. The molecule has 1 amide bonds. The van der Waals surface area contributed by atoms with Crippen molar-refractivity contribution in [3.05, 3.63) is 35.9 Å². The molecule has 0 spiro atoms. The molecule has 3 rings (SSSR count). The van der Waals surface area contributed by atoms with E-state index in [1.807, 2.05) is 0 Å². The van der Waals surface area contributed by atoms with Gasteiger partial charge in [-0.05, 0) is 30.2 Å². The molecule has 160 valence electrons. The second kappa shape index (κ2) is 10.6. The normalized spacial score (nSPS) is 18.9. The molecule has 2 fully saturated rings. The predicted molar refractivity (Wildman–Crippen MR) is 116 cm³/mol. The summed E-state index contributed by atoms with van der Waals surface area (Å²) in [6, 6.07) is 10.7. The lowest BCUT2D eigenvalue weighted by molar-refractivity contribution is -0.127. The zero-order valence-corrected chi connectivity index (χ0v) is 17.8. The topological polar surface area (TPSA) is 69.2 Å². The maximum Gasteiger partial charge on any atom is 0.243 e.